The van der Waals surface area contributed by atoms with Crippen LogP contribution in [0.3, 0.4) is 0 Å². The normalized spacial score (nSPS) is 13.6. The maximum absolute atomic E-state index is 13.3. The molecule has 0 radical (unpaired) electrons. The topological polar surface area (TPSA) is 99.5 Å². The molecule has 0 bridgehead atoms. The minimum Gasteiger partial charge on any atom is -0.462 e. The van der Waals surface area contributed by atoms with Crippen molar-refractivity contribution in [2.75, 3.05) is 18.5 Å². The number of carbonyl (C=O) groups is 3. The van der Waals surface area contributed by atoms with Crippen LogP contribution in [-0.2, 0) is 27.0 Å². The predicted octanol–water partition coefficient (Wildman–Crippen LogP) is 5.68. The Morgan fingerprint density at radius 1 is 1.20 bits per heavy atom. The number of esters is 2. The number of ether oxygens (including phenoxy) is 2. The lowest BCUT2D eigenvalue weighted by atomic mass is 10.1. The summed E-state index contributed by atoms with van der Waals surface area (Å²) in [5.41, 5.74) is -0.217. The number of alkyl halides is 3. The SMILES string of the molecule is CCCOC(=O)c1c(NC(=O)CCn2nc(C(F)(F)F)c(Br)c2C2CC2)sc(C(=O)OCC)c1C. The zero-order valence-corrected chi connectivity index (χ0v) is 21.8. The lowest BCUT2D eigenvalue weighted by molar-refractivity contribution is -0.142. The van der Waals surface area contributed by atoms with E-state index >= 15 is 0 Å². The Balaban J connectivity index is 1.81. The summed E-state index contributed by atoms with van der Waals surface area (Å²) in [7, 11) is 0. The number of amides is 1. The minimum absolute atomic E-state index is 0.0388. The Morgan fingerprint density at radius 3 is 2.46 bits per heavy atom. The van der Waals surface area contributed by atoms with Crippen LogP contribution in [0.25, 0.3) is 0 Å². The predicted molar refractivity (Wildman–Crippen MR) is 126 cm³/mol. The average Bonchev–Trinajstić information content (AvgIpc) is 3.48. The molecule has 192 valence electrons. The van der Waals surface area contributed by atoms with Gasteiger partial charge in [0.1, 0.15) is 9.88 Å². The molecule has 1 amide bonds. The standard InChI is InChI=1S/C22H25BrF3N3O5S/c1-4-10-34-20(31)14-11(3)17(21(32)33-5-2)35-19(14)27-13(30)8-9-29-16(12-6-7-12)15(23)18(28-29)22(24,25)26/h12H,4-10H2,1-3H3,(H,27,30). The molecule has 0 unspecified atom stereocenters. The van der Waals surface area contributed by atoms with Crippen LogP contribution in [0.4, 0.5) is 18.2 Å². The second-order valence-electron chi connectivity index (χ2n) is 7.96. The van der Waals surface area contributed by atoms with Crippen LogP contribution >= 0.6 is 27.3 Å². The summed E-state index contributed by atoms with van der Waals surface area (Å²) in [5, 5.41) is 6.42. The van der Waals surface area contributed by atoms with Crippen LogP contribution in [0.5, 0.6) is 0 Å². The molecule has 13 heteroatoms. The van der Waals surface area contributed by atoms with Gasteiger partial charge in [0.05, 0.1) is 35.5 Å². The summed E-state index contributed by atoms with van der Waals surface area (Å²) >= 11 is 3.91. The maximum Gasteiger partial charge on any atom is 0.436 e. The van der Waals surface area contributed by atoms with E-state index in [-0.39, 0.29) is 52.0 Å². The zero-order valence-electron chi connectivity index (χ0n) is 19.4. The van der Waals surface area contributed by atoms with Crippen LogP contribution in [0.1, 0.15) is 82.4 Å². The van der Waals surface area contributed by atoms with E-state index in [0.29, 0.717) is 17.7 Å². The number of hydrogen-bond acceptors (Lipinski definition) is 7. The van der Waals surface area contributed by atoms with Crippen molar-refractivity contribution in [3.63, 3.8) is 0 Å². The van der Waals surface area contributed by atoms with Crippen molar-refractivity contribution in [2.45, 2.75) is 65.1 Å². The fourth-order valence-electron chi connectivity index (χ4n) is 3.45. The molecule has 0 aliphatic heterocycles. The van der Waals surface area contributed by atoms with Crippen molar-refractivity contribution >= 4 is 50.1 Å². The molecule has 0 atom stereocenters. The Labute approximate surface area is 212 Å². The Hall–Kier alpha value is -2.41. The lowest BCUT2D eigenvalue weighted by Gasteiger charge is -2.09. The molecule has 0 saturated heterocycles. The largest absolute Gasteiger partial charge is 0.462 e. The van der Waals surface area contributed by atoms with E-state index in [4.69, 9.17) is 9.47 Å². The molecule has 1 aliphatic carbocycles. The molecular formula is C22H25BrF3N3O5S. The second-order valence-corrected chi connectivity index (χ2v) is 9.77. The molecule has 0 spiro atoms. The molecule has 2 heterocycles. The summed E-state index contributed by atoms with van der Waals surface area (Å²) < 4.78 is 51.3. The number of nitrogens with zero attached hydrogens (tertiary/aromatic N) is 2. The van der Waals surface area contributed by atoms with Gasteiger partial charge >= 0.3 is 18.1 Å². The zero-order chi connectivity index (χ0) is 25.9. The van der Waals surface area contributed by atoms with E-state index in [1.54, 1.807) is 13.8 Å². The van der Waals surface area contributed by atoms with Gasteiger partial charge in [0.25, 0.3) is 0 Å². The fraction of sp³-hybridized carbons (Fsp3) is 0.545. The Bertz CT molecular complexity index is 1120. The van der Waals surface area contributed by atoms with Gasteiger partial charge in [-0.2, -0.15) is 18.3 Å². The van der Waals surface area contributed by atoms with Gasteiger partial charge in [-0.15, -0.1) is 11.3 Å². The number of hydrogen-bond donors (Lipinski definition) is 1. The van der Waals surface area contributed by atoms with Gasteiger partial charge < -0.3 is 14.8 Å². The summed E-state index contributed by atoms with van der Waals surface area (Å²) in [4.78, 5) is 37.8. The summed E-state index contributed by atoms with van der Waals surface area (Å²) in [6.07, 6.45) is -2.73. The maximum atomic E-state index is 13.3. The van der Waals surface area contributed by atoms with Gasteiger partial charge in [0, 0.05) is 12.3 Å². The van der Waals surface area contributed by atoms with E-state index in [0.717, 1.165) is 24.2 Å². The quantitative estimate of drug-likeness (QED) is 0.363. The highest BCUT2D eigenvalue weighted by molar-refractivity contribution is 9.10. The highest BCUT2D eigenvalue weighted by Crippen LogP contribution is 2.47. The summed E-state index contributed by atoms with van der Waals surface area (Å²) in [6.45, 7) is 5.24. The fourth-order valence-corrected chi connectivity index (χ4v) is 5.39. The van der Waals surface area contributed by atoms with E-state index in [9.17, 15) is 27.6 Å². The molecule has 1 N–H and O–H groups in total. The number of anilines is 1. The minimum atomic E-state index is -4.62. The Morgan fingerprint density at radius 2 is 1.89 bits per heavy atom. The third kappa shape index (κ3) is 6.24. The van der Waals surface area contributed by atoms with Crippen molar-refractivity contribution in [3.8, 4) is 0 Å². The van der Waals surface area contributed by atoms with E-state index in [1.165, 1.54) is 4.68 Å². The van der Waals surface area contributed by atoms with Gasteiger partial charge in [-0.25, -0.2) is 9.59 Å². The van der Waals surface area contributed by atoms with Gasteiger partial charge in [-0.3, -0.25) is 9.48 Å². The molecule has 8 nitrogen and oxygen atoms in total. The van der Waals surface area contributed by atoms with Crippen LogP contribution in [-0.4, -0.2) is 40.8 Å². The third-order valence-corrected chi connectivity index (χ3v) is 7.19. The van der Waals surface area contributed by atoms with Crippen LogP contribution < -0.4 is 5.32 Å². The molecule has 35 heavy (non-hydrogen) atoms. The van der Waals surface area contributed by atoms with Gasteiger partial charge in [0.2, 0.25) is 5.91 Å². The first-order chi connectivity index (χ1) is 16.5. The van der Waals surface area contributed by atoms with Crippen molar-refractivity contribution in [3.05, 3.63) is 31.9 Å². The second kappa shape index (κ2) is 11.1. The number of halogens is 4. The molecular weight excluding hydrogens is 555 g/mol. The van der Waals surface area contributed by atoms with Gasteiger partial charge in [-0.05, 0) is 54.6 Å². The van der Waals surface area contributed by atoms with E-state index in [1.807, 2.05) is 6.92 Å². The molecule has 1 aliphatic rings. The molecule has 2 aromatic rings. The number of nitrogens with one attached hydrogen (secondary N) is 1. The highest BCUT2D eigenvalue weighted by atomic mass is 79.9. The highest BCUT2D eigenvalue weighted by Gasteiger charge is 2.41. The van der Waals surface area contributed by atoms with Crippen LogP contribution in [0.2, 0.25) is 0 Å². The number of carbonyl (C=O) groups excluding carboxylic acids is 3. The first kappa shape index (κ1) is 27.2. The molecule has 0 aromatic carbocycles. The Kier molecular flexibility index (Phi) is 8.63. The number of aromatic nitrogens is 2. The summed E-state index contributed by atoms with van der Waals surface area (Å²) in [5.74, 6) is -1.90. The smallest absolute Gasteiger partial charge is 0.436 e. The monoisotopic (exact) mass is 579 g/mol. The van der Waals surface area contributed by atoms with Crippen molar-refractivity contribution in [1.29, 1.82) is 0 Å². The molecule has 1 saturated carbocycles. The van der Waals surface area contributed by atoms with E-state index < -0.39 is 29.7 Å². The first-order valence-corrected chi connectivity index (χ1v) is 12.7. The third-order valence-electron chi connectivity index (χ3n) is 5.22. The van der Waals surface area contributed by atoms with Crippen molar-refractivity contribution < 1.29 is 37.0 Å². The van der Waals surface area contributed by atoms with Gasteiger partial charge in [0.15, 0.2) is 5.69 Å². The first-order valence-electron chi connectivity index (χ1n) is 11.1. The lowest BCUT2D eigenvalue weighted by Crippen LogP contribution is -2.18. The van der Waals surface area contributed by atoms with E-state index in [2.05, 4.69) is 26.3 Å². The van der Waals surface area contributed by atoms with Crippen LogP contribution in [0.15, 0.2) is 4.47 Å². The molecule has 3 rings (SSSR count). The number of rotatable bonds is 10. The summed E-state index contributed by atoms with van der Waals surface area (Å²) in [6, 6.07) is 0. The van der Waals surface area contributed by atoms with Crippen molar-refractivity contribution in [1.82, 2.24) is 9.78 Å². The molecule has 2 aromatic heterocycles. The number of thiophene rings is 1. The molecule has 1 fully saturated rings. The van der Waals surface area contributed by atoms with Crippen LogP contribution in [0, 0.1) is 6.92 Å². The average molecular weight is 580 g/mol. The van der Waals surface area contributed by atoms with Gasteiger partial charge in [-0.1, -0.05) is 6.92 Å². The van der Waals surface area contributed by atoms with Crippen molar-refractivity contribution in [2.24, 2.45) is 0 Å². The number of aryl methyl sites for hydroxylation is 1.